The third-order valence-electron chi connectivity index (χ3n) is 3.18. The van der Waals surface area contributed by atoms with Crippen LogP contribution in [-0.4, -0.2) is 27.2 Å². The summed E-state index contributed by atoms with van der Waals surface area (Å²) in [6, 6.07) is 0.604. The molecule has 2 rings (SSSR count). The molecular formula is C12H21N3OS. The first-order chi connectivity index (χ1) is 8.29. The molecule has 1 fully saturated rings. The van der Waals surface area contributed by atoms with E-state index in [9.17, 15) is 0 Å². The van der Waals surface area contributed by atoms with Crippen LogP contribution in [0.1, 0.15) is 44.3 Å². The van der Waals surface area contributed by atoms with Gasteiger partial charge in [0.25, 0.3) is 0 Å². The van der Waals surface area contributed by atoms with Crippen LogP contribution < -0.4 is 5.32 Å². The number of aromatic nitrogens is 2. The van der Waals surface area contributed by atoms with Crippen molar-refractivity contribution in [2.24, 2.45) is 0 Å². The zero-order valence-corrected chi connectivity index (χ0v) is 11.4. The van der Waals surface area contributed by atoms with E-state index in [1.165, 1.54) is 31.4 Å². The Bertz CT molecular complexity index is 340. The Morgan fingerprint density at radius 2 is 2.24 bits per heavy atom. The van der Waals surface area contributed by atoms with Crippen molar-refractivity contribution in [3.63, 3.8) is 0 Å². The fourth-order valence-electron chi connectivity index (χ4n) is 2.38. The molecule has 1 heterocycles. The van der Waals surface area contributed by atoms with Crippen LogP contribution in [0.15, 0.2) is 4.52 Å². The maximum absolute atomic E-state index is 4.97. The van der Waals surface area contributed by atoms with Gasteiger partial charge < -0.3 is 9.84 Å². The molecule has 4 nitrogen and oxygen atoms in total. The minimum atomic E-state index is 0.604. The van der Waals surface area contributed by atoms with Gasteiger partial charge in [-0.3, -0.25) is 0 Å². The van der Waals surface area contributed by atoms with Crippen molar-refractivity contribution in [1.29, 1.82) is 0 Å². The van der Waals surface area contributed by atoms with E-state index in [0.717, 1.165) is 17.6 Å². The SMILES string of the molecule is CCSC1CCCCC1NCc1noc(C)n1. The average molecular weight is 255 g/mol. The Morgan fingerprint density at radius 3 is 2.94 bits per heavy atom. The molecular weight excluding hydrogens is 234 g/mol. The highest BCUT2D eigenvalue weighted by molar-refractivity contribution is 7.99. The van der Waals surface area contributed by atoms with Crippen LogP contribution >= 0.6 is 11.8 Å². The molecule has 1 aromatic rings. The summed E-state index contributed by atoms with van der Waals surface area (Å²) in [7, 11) is 0. The summed E-state index contributed by atoms with van der Waals surface area (Å²) < 4.78 is 4.97. The molecule has 0 spiro atoms. The summed E-state index contributed by atoms with van der Waals surface area (Å²) in [6.07, 6.45) is 5.32. The fourth-order valence-corrected chi connectivity index (χ4v) is 3.61. The molecule has 1 N–H and O–H groups in total. The van der Waals surface area contributed by atoms with Crippen molar-refractivity contribution < 1.29 is 4.52 Å². The van der Waals surface area contributed by atoms with Crippen LogP contribution in [0, 0.1) is 6.92 Å². The van der Waals surface area contributed by atoms with Crippen LogP contribution in [0.25, 0.3) is 0 Å². The highest BCUT2D eigenvalue weighted by atomic mass is 32.2. The number of nitrogens with zero attached hydrogens (tertiary/aromatic N) is 2. The zero-order chi connectivity index (χ0) is 12.1. The minimum absolute atomic E-state index is 0.604. The van der Waals surface area contributed by atoms with Gasteiger partial charge in [-0.25, -0.2) is 0 Å². The molecule has 0 radical (unpaired) electrons. The maximum atomic E-state index is 4.97. The lowest BCUT2D eigenvalue weighted by Crippen LogP contribution is -2.40. The maximum Gasteiger partial charge on any atom is 0.223 e. The summed E-state index contributed by atoms with van der Waals surface area (Å²) in [6.45, 7) is 4.79. The number of hydrogen-bond donors (Lipinski definition) is 1. The van der Waals surface area contributed by atoms with Crippen LogP contribution in [0.4, 0.5) is 0 Å². The van der Waals surface area contributed by atoms with E-state index in [2.05, 4.69) is 34.1 Å². The standard InChI is InChI=1S/C12H21N3OS/c1-3-17-11-7-5-4-6-10(11)13-8-12-14-9(2)16-15-12/h10-11,13H,3-8H2,1-2H3. The summed E-state index contributed by atoms with van der Waals surface area (Å²) in [5.41, 5.74) is 0. The van der Waals surface area contributed by atoms with E-state index >= 15 is 0 Å². The van der Waals surface area contributed by atoms with Gasteiger partial charge in [-0.05, 0) is 18.6 Å². The predicted molar refractivity (Wildman–Crippen MR) is 70.1 cm³/mol. The van der Waals surface area contributed by atoms with Gasteiger partial charge in [0, 0.05) is 18.2 Å². The van der Waals surface area contributed by atoms with Crippen LogP contribution in [0.2, 0.25) is 0 Å². The molecule has 0 aliphatic heterocycles. The first-order valence-corrected chi connectivity index (χ1v) is 7.48. The number of hydrogen-bond acceptors (Lipinski definition) is 5. The summed E-state index contributed by atoms with van der Waals surface area (Å²) >= 11 is 2.07. The molecule has 0 aromatic carbocycles. The Morgan fingerprint density at radius 1 is 1.41 bits per heavy atom. The first kappa shape index (κ1) is 12.9. The number of rotatable bonds is 5. The van der Waals surface area contributed by atoms with E-state index in [0.29, 0.717) is 11.9 Å². The zero-order valence-electron chi connectivity index (χ0n) is 10.6. The second-order valence-electron chi connectivity index (χ2n) is 4.50. The van der Waals surface area contributed by atoms with Crippen molar-refractivity contribution in [3.05, 3.63) is 11.7 Å². The monoisotopic (exact) mass is 255 g/mol. The minimum Gasteiger partial charge on any atom is -0.340 e. The summed E-state index contributed by atoms with van der Waals surface area (Å²) in [5.74, 6) is 2.61. The molecule has 17 heavy (non-hydrogen) atoms. The second kappa shape index (κ2) is 6.40. The highest BCUT2D eigenvalue weighted by Crippen LogP contribution is 2.28. The van der Waals surface area contributed by atoms with Crippen molar-refractivity contribution >= 4 is 11.8 Å². The van der Waals surface area contributed by atoms with E-state index in [-0.39, 0.29) is 0 Å². The van der Waals surface area contributed by atoms with Crippen LogP contribution in [0.5, 0.6) is 0 Å². The van der Waals surface area contributed by atoms with Gasteiger partial charge >= 0.3 is 0 Å². The van der Waals surface area contributed by atoms with Gasteiger partial charge in [-0.2, -0.15) is 16.7 Å². The Labute approximate surface area is 107 Å². The quantitative estimate of drug-likeness (QED) is 0.876. The van der Waals surface area contributed by atoms with Gasteiger partial charge in [0.15, 0.2) is 5.82 Å². The molecule has 1 saturated carbocycles. The molecule has 1 aromatic heterocycles. The van der Waals surface area contributed by atoms with E-state index in [1.807, 2.05) is 6.92 Å². The Balaban J connectivity index is 1.83. The van der Waals surface area contributed by atoms with Crippen molar-refractivity contribution in [2.75, 3.05) is 5.75 Å². The topological polar surface area (TPSA) is 51.0 Å². The molecule has 0 amide bonds. The summed E-state index contributed by atoms with van der Waals surface area (Å²) in [4.78, 5) is 4.22. The molecule has 2 atom stereocenters. The lowest BCUT2D eigenvalue weighted by Gasteiger charge is -2.31. The van der Waals surface area contributed by atoms with Crippen molar-refractivity contribution in [3.8, 4) is 0 Å². The van der Waals surface area contributed by atoms with Gasteiger partial charge in [0.1, 0.15) is 0 Å². The van der Waals surface area contributed by atoms with Gasteiger partial charge in [-0.1, -0.05) is 24.9 Å². The Hall–Kier alpha value is -0.550. The molecule has 2 unspecified atom stereocenters. The van der Waals surface area contributed by atoms with Crippen LogP contribution in [0.3, 0.4) is 0 Å². The lowest BCUT2D eigenvalue weighted by atomic mass is 9.95. The number of aryl methyl sites for hydroxylation is 1. The Kier molecular flexibility index (Phi) is 4.86. The molecule has 1 aliphatic carbocycles. The van der Waals surface area contributed by atoms with Gasteiger partial charge in [0.2, 0.25) is 5.89 Å². The molecule has 5 heteroatoms. The normalized spacial score (nSPS) is 25.1. The highest BCUT2D eigenvalue weighted by Gasteiger charge is 2.24. The largest absolute Gasteiger partial charge is 0.340 e. The fraction of sp³-hybridized carbons (Fsp3) is 0.833. The number of nitrogens with one attached hydrogen (secondary N) is 1. The molecule has 0 bridgehead atoms. The van der Waals surface area contributed by atoms with Crippen LogP contribution in [-0.2, 0) is 6.54 Å². The van der Waals surface area contributed by atoms with Crippen molar-refractivity contribution in [1.82, 2.24) is 15.5 Å². The lowest BCUT2D eigenvalue weighted by molar-refractivity contribution is 0.364. The molecule has 0 saturated heterocycles. The number of thioether (sulfide) groups is 1. The average Bonchev–Trinajstić information content (AvgIpc) is 2.74. The first-order valence-electron chi connectivity index (χ1n) is 6.43. The van der Waals surface area contributed by atoms with Gasteiger partial charge in [-0.15, -0.1) is 0 Å². The smallest absolute Gasteiger partial charge is 0.223 e. The second-order valence-corrected chi connectivity index (χ2v) is 6.01. The third-order valence-corrected chi connectivity index (χ3v) is 4.50. The van der Waals surface area contributed by atoms with E-state index in [4.69, 9.17) is 4.52 Å². The summed E-state index contributed by atoms with van der Waals surface area (Å²) in [5, 5.41) is 8.25. The predicted octanol–water partition coefficient (Wildman–Crippen LogP) is 2.53. The van der Waals surface area contributed by atoms with E-state index < -0.39 is 0 Å². The van der Waals surface area contributed by atoms with E-state index in [1.54, 1.807) is 0 Å². The van der Waals surface area contributed by atoms with Crippen molar-refractivity contribution in [2.45, 2.75) is 57.4 Å². The molecule has 96 valence electrons. The third kappa shape index (κ3) is 3.71. The molecule has 1 aliphatic rings. The van der Waals surface area contributed by atoms with Gasteiger partial charge in [0.05, 0.1) is 6.54 Å².